The van der Waals surface area contributed by atoms with Crippen molar-refractivity contribution in [1.29, 1.82) is 0 Å². The smallest absolute Gasteiger partial charge is 0.138 e. The zero-order chi connectivity index (χ0) is 11.4. The van der Waals surface area contributed by atoms with E-state index in [4.69, 9.17) is 17.7 Å². The molecule has 0 aliphatic carbocycles. The van der Waals surface area contributed by atoms with Crippen LogP contribution in [0.3, 0.4) is 0 Å². The zero-order valence-corrected chi connectivity index (χ0v) is 8.91. The van der Waals surface area contributed by atoms with Crippen LogP contribution in [0.5, 0.6) is 5.75 Å². The van der Waals surface area contributed by atoms with Crippen molar-refractivity contribution in [1.82, 2.24) is 0 Å². The molecular weight excluding hydrogens is 200 g/mol. The molecule has 0 saturated heterocycles. The van der Waals surface area contributed by atoms with E-state index < -0.39 is 6.40 Å². The molecule has 76 valence electrons. The Morgan fingerprint density at radius 2 is 2.36 bits per heavy atom. The Balaban J connectivity index is 2.92. The molecule has 0 N–H and O–H groups in total. The summed E-state index contributed by atoms with van der Waals surface area (Å²) >= 11 is 5.95. The third-order valence-electron chi connectivity index (χ3n) is 1.58. The molecule has 1 unspecified atom stereocenters. The quantitative estimate of drug-likeness (QED) is 0.719. The number of hydrogen-bond donors (Lipinski definition) is 0. The van der Waals surface area contributed by atoms with Crippen molar-refractivity contribution in [3.63, 3.8) is 0 Å². The first-order chi connectivity index (χ1) is 7.04. The summed E-state index contributed by atoms with van der Waals surface area (Å²) in [6, 6.07) is 4.95. The van der Waals surface area contributed by atoms with Crippen molar-refractivity contribution in [2.24, 2.45) is 0 Å². The second kappa shape index (κ2) is 5.01. The van der Waals surface area contributed by atoms with E-state index in [0.29, 0.717) is 22.6 Å². The van der Waals surface area contributed by atoms with Gasteiger partial charge >= 0.3 is 0 Å². The highest BCUT2D eigenvalue weighted by atomic mass is 35.5. The number of carbonyl (C=O) groups excluding carboxylic acids is 1. The highest BCUT2D eigenvalue weighted by molar-refractivity contribution is 6.32. The normalized spacial score (nSPS) is 13.6. The minimum Gasteiger partial charge on any atom is -0.489 e. The van der Waals surface area contributed by atoms with Crippen LogP contribution < -0.4 is 4.74 Å². The molecule has 14 heavy (non-hydrogen) atoms. The molecule has 0 bridgehead atoms. The van der Waals surface area contributed by atoms with Crippen molar-refractivity contribution in [2.75, 3.05) is 0 Å². The molecule has 0 radical (unpaired) electrons. The van der Waals surface area contributed by atoms with Crippen LogP contribution in [-0.2, 0) is 11.2 Å². The van der Waals surface area contributed by atoms with Gasteiger partial charge < -0.3 is 9.53 Å². The Hall–Kier alpha value is -1.02. The van der Waals surface area contributed by atoms with Gasteiger partial charge in [0.1, 0.15) is 12.0 Å². The average molecular weight is 214 g/mol. The van der Waals surface area contributed by atoms with Crippen LogP contribution >= 0.6 is 11.6 Å². The summed E-state index contributed by atoms with van der Waals surface area (Å²) < 4.78 is 12.8. The standard InChI is InChI=1S/C11H13ClO2/c1-8(2)14-11-4-3-9(5-6-13)7-10(11)12/h3-4,6-8H,5H2,1-2H3/i5D. The summed E-state index contributed by atoms with van der Waals surface area (Å²) in [5.41, 5.74) is 0.575. The molecule has 0 spiro atoms. The van der Waals surface area contributed by atoms with Crippen molar-refractivity contribution < 1.29 is 10.9 Å². The number of aldehydes is 1. The molecule has 0 aliphatic heterocycles. The summed E-state index contributed by atoms with van der Waals surface area (Å²) in [5, 5.41) is 0.431. The first-order valence-corrected chi connectivity index (χ1v) is 4.76. The van der Waals surface area contributed by atoms with Crippen LogP contribution in [0.1, 0.15) is 20.8 Å². The summed E-state index contributed by atoms with van der Waals surface area (Å²) in [5.74, 6) is 0.577. The molecule has 1 aromatic rings. The summed E-state index contributed by atoms with van der Waals surface area (Å²) in [6.07, 6.45) is -0.268. The lowest BCUT2D eigenvalue weighted by Gasteiger charge is -2.11. The second-order valence-corrected chi connectivity index (χ2v) is 3.57. The van der Waals surface area contributed by atoms with E-state index in [0.717, 1.165) is 0 Å². The van der Waals surface area contributed by atoms with E-state index in [9.17, 15) is 4.79 Å². The van der Waals surface area contributed by atoms with Crippen molar-refractivity contribution in [2.45, 2.75) is 26.3 Å². The Kier molecular flexibility index (Phi) is 3.41. The van der Waals surface area contributed by atoms with Gasteiger partial charge in [-0.3, -0.25) is 0 Å². The lowest BCUT2D eigenvalue weighted by Crippen LogP contribution is -2.05. The van der Waals surface area contributed by atoms with E-state index in [2.05, 4.69) is 0 Å². The van der Waals surface area contributed by atoms with E-state index >= 15 is 0 Å². The molecule has 0 heterocycles. The Morgan fingerprint density at radius 1 is 1.64 bits per heavy atom. The Labute approximate surface area is 90.2 Å². The maximum Gasteiger partial charge on any atom is 0.138 e. The third-order valence-corrected chi connectivity index (χ3v) is 1.87. The number of carbonyl (C=O) groups is 1. The van der Waals surface area contributed by atoms with Gasteiger partial charge in [0, 0.05) is 7.77 Å². The molecule has 3 heteroatoms. The number of ether oxygens (including phenoxy) is 1. The predicted octanol–water partition coefficient (Wildman–Crippen LogP) is 2.87. The molecule has 1 atom stereocenters. The highest BCUT2D eigenvalue weighted by Gasteiger charge is 2.04. The van der Waals surface area contributed by atoms with Crippen LogP contribution in [0, 0.1) is 0 Å². The molecule has 2 nitrogen and oxygen atoms in total. The van der Waals surface area contributed by atoms with Gasteiger partial charge in [0.15, 0.2) is 0 Å². The van der Waals surface area contributed by atoms with Gasteiger partial charge in [-0.05, 0) is 31.5 Å². The molecule has 1 rings (SSSR count). The van der Waals surface area contributed by atoms with Gasteiger partial charge in [-0.2, -0.15) is 0 Å². The molecule has 1 aromatic carbocycles. The van der Waals surface area contributed by atoms with E-state index in [-0.39, 0.29) is 6.10 Å². The van der Waals surface area contributed by atoms with Gasteiger partial charge in [-0.25, -0.2) is 0 Å². The molecular formula is C11H13ClO2. The first kappa shape index (κ1) is 9.53. The minimum absolute atomic E-state index is 0.0474. The summed E-state index contributed by atoms with van der Waals surface area (Å²) in [4.78, 5) is 10.4. The fourth-order valence-electron chi connectivity index (χ4n) is 1.05. The van der Waals surface area contributed by atoms with Gasteiger partial charge in [-0.1, -0.05) is 17.7 Å². The monoisotopic (exact) mass is 213 g/mol. The van der Waals surface area contributed by atoms with Crippen LogP contribution in [0.25, 0.3) is 0 Å². The van der Waals surface area contributed by atoms with Gasteiger partial charge in [0.05, 0.1) is 11.1 Å². The number of halogens is 1. The maximum absolute atomic E-state index is 10.4. The minimum atomic E-state index is -0.879. The molecule has 0 fully saturated rings. The number of benzene rings is 1. The molecule has 0 saturated carbocycles. The largest absolute Gasteiger partial charge is 0.489 e. The van der Waals surface area contributed by atoms with Crippen LogP contribution in [0.4, 0.5) is 0 Å². The molecule has 0 aromatic heterocycles. The zero-order valence-electron chi connectivity index (χ0n) is 9.16. The Bertz CT molecular complexity index is 352. The summed E-state index contributed by atoms with van der Waals surface area (Å²) in [6.45, 7) is 3.81. The van der Waals surface area contributed by atoms with Crippen molar-refractivity contribution >= 4 is 17.9 Å². The molecule has 0 amide bonds. The SMILES string of the molecule is [2H]C(C=O)c1ccc(OC(C)C)c(Cl)c1. The van der Waals surface area contributed by atoms with Gasteiger partial charge in [0.25, 0.3) is 0 Å². The van der Waals surface area contributed by atoms with E-state index in [1.165, 1.54) is 0 Å². The fourth-order valence-corrected chi connectivity index (χ4v) is 1.28. The second-order valence-electron chi connectivity index (χ2n) is 3.16. The maximum atomic E-state index is 10.4. The van der Waals surface area contributed by atoms with Crippen LogP contribution in [0.2, 0.25) is 5.02 Å². The predicted molar refractivity (Wildman–Crippen MR) is 57.0 cm³/mol. The highest BCUT2D eigenvalue weighted by Crippen LogP contribution is 2.26. The Morgan fingerprint density at radius 3 is 2.86 bits per heavy atom. The third kappa shape index (κ3) is 3.04. The van der Waals surface area contributed by atoms with E-state index in [1.54, 1.807) is 18.2 Å². The van der Waals surface area contributed by atoms with Crippen LogP contribution in [-0.4, -0.2) is 12.4 Å². The lowest BCUT2D eigenvalue weighted by atomic mass is 10.1. The topological polar surface area (TPSA) is 26.3 Å². The van der Waals surface area contributed by atoms with Gasteiger partial charge in [0.2, 0.25) is 0 Å². The van der Waals surface area contributed by atoms with Crippen LogP contribution in [0.15, 0.2) is 18.2 Å². The molecule has 0 aliphatic rings. The number of hydrogen-bond acceptors (Lipinski definition) is 2. The van der Waals surface area contributed by atoms with Gasteiger partial charge in [-0.15, -0.1) is 0 Å². The summed E-state index contributed by atoms with van der Waals surface area (Å²) in [7, 11) is 0. The lowest BCUT2D eigenvalue weighted by molar-refractivity contribution is -0.107. The van der Waals surface area contributed by atoms with Crippen molar-refractivity contribution in [3.8, 4) is 5.75 Å². The number of rotatable bonds is 4. The van der Waals surface area contributed by atoms with E-state index in [1.807, 2.05) is 13.8 Å². The first-order valence-electron chi connectivity index (χ1n) is 4.96. The fraction of sp³-hybridized carbons (Fsp3) is 0.364. The average Bonchev–Trinajstić information content (AvgIpc) is 2.19. The van der Waals surface area contributed by atoms with Crippen molar-refractivity contribution in [3.05, 3.63) is 28.8 Å².